The summed E-state index contributed by atoms with van der Waals surface area (Å²) in [7, 11) is 0. The highest BCUT2D eigenvalue weighted by Gasteiger charge is 2.38. The second kappa shape index (κ2) is 11.1. The summed E-state index contributed by atoms with van der Waals surface area (Å²) in [5, 5.41) is 14.3. The number of hydrogen-bond acceptors (Lipinski definition) is 3. The lowest BCUT2D eigenvalue weighted by molar-refractivity contribution is 0.169. The fourth-order valence-electron chi connectivity index (χ4n) is 4.28. The molecule has 2 N–H and O–H groups in total. The van der Waals surface area contributed by atoms with E-state index in [1.54, 1.807) is 0 Å². The normalized spacial score (nSPS) is 12.8. The van der Waals surface area contributed by atoms with Gasteiger partial charge in [-0.1, -0.05) is 105 Å². The van der Waals surface area contributed by atoms with Gasteiger partial charge >= 0.3 is 0 Å². The van der Waals surface area contributed by atoms with Crippen molar-refractivity contribution in [3.05, 3.63) is 108 Å². The Hall–Kier alpha value is -2.46. The molecule has 158 valence electrons. The van der Waals surface area contributed by atoms with Crippen molar-refractivity contribution in [2.45, 2.75) is 31.8 Å². The molecule has 0 fully saturated rings. The van der Waals surface area contributed by atoms with Crippen LogP contribution in [-0.4, -0.2) is 42.3 Å². The Balaban J connectivity index is 2.13. The van der Waals surface area contributed by atoms with Gasteiger partial charge in [-0.3, -0.25) is 5.32 Å². The summed E-state index contributed by atoms with van der Waals surface area (Å²) in [6, 6.07) is 31.6. The van der Waals surface area contributed by atoms with E-state index >= 15 is 0 Å². The average molecular weight is 403 g/mol. The lowest BCUT2D eigenvalue weighted by atomic mass is 9.76. The first-order chi connectivity index (χ1) is 14.7. The summed E-state index contributed by atoms with van der Waals surface area (Å²) in [6.45, 7) is 7.27. The van der Waals surface area contributed by atoms with Gasteiger partial charge in [0.25, 0.3) is 0 Å². The highest BCUT2D eigenvalue weighted by Crippen LogP contribution is 2.37. The topological polar surface area (TPSA) is 35.5 Å². The molecular formula is C27H34N2O. The third-order valence-corrected chi connectivity index (χ3v) is 5.73. The van der Waals surface area contributed by atoms with Crippen LogP contribution in [0.4, 0.5) is 0 Å². The average Bonchev–Trinajstić information content (AvgIpc) is 2.83. The zero-order chi connectivity index (χ0) is 21.2. The Labute approximate surface area is 181 Å². The first-order valence-corrected chi connectivity index (χ1v) is 11.0. The van der Waals surface area contributed by atoms with E-state index in [4.69, 9.17) is 0 Å². The fourth-order valence-corrected chi connectivity index (χ4v) is 4.28. The van der Waals surface area contributed by atoms with Crippen molar-refractivity contribution in [1.82, 2.24) is 10.2 Å². The van der Waals surface area contributed by atoms with Gasteiger partial charge in [0.2, 0.25) is 0 Å². The number of rotatable bonds is 11. The van der Waals surface area contributed by atoms with E-state index < -0.39 is 5.54 Å². The molecule has 0 aliphatic carbocycles. The molecule has 3 nitrogen and oxygen atoms in total. The quantitative estimate of drug-likeness (QED) is 0.458. The summed E-state index contributed by atoms with van der Waals surface area (Å²) in [5.41, 5.74) is 2.95. The smallest absolute Gasteiger partial charge is 0.0951 e. The van der Waals surface area contributed by atoms with Crippen LogP contribution in [-0.2, 0) is 5.54 Å². The Morgan fingerprint density at radius 1 is 0.767 bits per heavy atom. The summed E-state index contributed by atoms with van der Waals surface area (Å²) in [4.78, 5) is 2.40. The minimum atomic E-state index is -0.553. The van der Waals surface area contributed by atoms with Crippen LogP contribution in [0.15, 0.2) is 91.0 Å². The van der Waals surface area contributed by atoms with Crippen molar-refractivity contribution in [2.24, 2.45) is 0 Å². The van der Waals surface area contributed by atoms with Crippen LogP contribution >= 0.6 is 0 Å². The van der Waals surface area contributed by atoms with Gasteiger partial charge in [0.15, 0.2) is 0 Å². The number of nitrogens with one attached hydrogen (secondary N) is 1. The Morgan fingerprint density at radius 3 is 1.53 bits per heavy atom. The van der Waals surface area contributed by atoms with Gasteiger partial charge in [0.1, 0.15) is 0 Å². The summed E-state index contributed by atoms with van der Waals surface area (Å²) < 4.78 is 0. The standard InChI is InChI=1S/C27H34N2O/c1-3-20-29(4-2)21-26(22-30)28-27(23-14-8-5-9-15-23,24-16-10-6-11-17-24)25-18-12-7-13-19-25/h5-19,26,28,30H,3-4,20-22H2,1-2H3/t26-/m0/s1. The maximum absolute atomic E-state index is 10.4. The van der Waals surface area contributed by atoms with Crippen LogP contribution in [0.1, 0.15) is 37.0 Å². The Bertz CT molecular complexity index is 755. The summed E-state index contributed by atoms with van der Waals surface area (Å²) in [5.74, 6) is 0. The minimum Gasteiger partial charge on any atom is -0.395 e. The van der Waals surface area contributed by atoms with E-state index in [1.165, 1.54) is 16.7 Å². The highest BCUT2D eigenvalue weighted by molar-refractivity contribution is 5.49. The molecule has 0 heterocycles. The zero-order valence-electron chi connectivity index (χ0n) is 18.2. The second-order valence-corrected chi connectivity index (χ2v) is 7.77. The molecule has 1 atom stereocenters. The van der Waals surface area contributed by atoms with Crippen molar-refractivity contribution in [2.75, 3.05) is 26.2 Å². The SMILES string of the molecule is CCCN(CC)C[C@@H](CO)NC(c1ccccc1)(c1ccccc1)c1ccccc1. The molecule has 3 heteroatoms. The third-order valence-electron chi connectivity index (χ3n) is 5.73. The van der Waals surface area contributed by atoms with Gasteiger partial charge in [0, 0.05) is 12.6 Å². The zero-order valence-corrected chi connectivity index (χ0v) is 18.2. The van der Waals surface area contributed by atoms with Crippen molar-refractivity contribution < 1.29 is 5.11 Å². The lowest BCUT2D eigenvalue weighted by Crippen LogP contribution is -2.54. The van der Waals surface area contributed by atoms with E-state index in [0.717, 1.165) is 26.1 Å². The molecule has 3 aromatic rings. The van der Waals surface area contributed by atoms with E-state index in [0.29, 0.717) is 0 Å². The number of aliphatic hydroxyl groups is 1. The Morgan fingerprint density at radius 2 is 1.20 bits per heavy atom. The largest absolute Gasteiger partial charge is 0.395 e. The lowest BCUT2D eigenvalue weighted by Gasteiger charge is -2.41. The van der Waals surface area contributed by atoms with Crippen LogP contribution < -0.4 is 5.32 Å². The van der Waals surface area contributed by atoms with Gasteiger partial charge in [-0.15, -0.1) is 0 Å². The fraction of sp³-hybridized carbons (Fsp3) is 0.333. The number of likely N-dealkylation sites (N-methyl/N-ethyl adjacent to an activating group) is 1. The molecule has 0 aromatic heterocycles. The summed E-state index contributed by atoms with van der Waals surface area (Å²) >= 11 is 0. The van der Waals surface area contributed by atoms with Crippen LogP contribution in [0.2, 0.25) is 0 Å². The second-order valence-electron chi connectivity index (χ2n) is 7.77. The number of aliphatic hydroxyl groups excluding tert-OH is 1. The molecule has 0 spiro atoms. The van der Waals surface area contributed by atoms with Gasteiger partial charge < -0.3 is 10.0 Å². The van der Waals surface area contributed by atoms with Gasteiger partial charge in [0.05, 0.1) is 12.1 Å². The molecule has 3 rings (SSSR count). The van der Waals surface area contributed by atoms with Crippen molar-refractivity contribution in [1.29, 1.82) is 0 Å². The van der Waals surface area contributed by atoms with E-state index in [9.17, 15) is 5.11 Å². The molecule has 0 aliphatic heterocycles. The van der Waals surface area contributed by atoms with Gasteiger partial charge in [-0.05, 0) is 36.2 Å². The van der Waals surface area contributed by atoms with Crippen molar-refractivity contribution >= 4 is 0 Å². The molecule has 0 saturated heterocycles. The molecule has 0 aliphatic rings. The number of benzene rings is 3. The molecule has 30 heavy (non-hydrogen) atoms. The number of nitrogens with zero attached hydrogens (tertiary/aromatic N) is 1. The third kappa shape index (κ3) is 4.99. The molecule has 0 amide bonds. The molecule has 0 unspecified atom stereocenters. The molecule has 0 bridgehead atoms. The van der Waals surface area contributed by atoms with E-state index in [-0.39, 0.29) is 12.6 Å². The van der Waals surface area contributed by atoms with Crippen LogP contribution in [0.3, 0.4) is 0 Å². The Kier molecular flexibility index (Phi) is 8.21. The minimum absolute atomic E-state index is 0.0721. The molecule has 0 radical (unpaired) electrons. The van der Waals surface area contributed by atoms with Crippen LogP contribution in [0.5, 0.6) is 0 Å². The number of hydrogen-bond donors (Lipinski definition) is 2. The maximum atomic E-state index is 10.4. The first-order valence-electron chi connectivity index (χ1n) is 11.0. The van der Waals surface area contributed by atoms with Crippen LogP contribution in [0.25, 0.3) is 0 Å². The van der Waals surface area contributed by atoms with Crippen molar-refractivity contribution in [3.63, 3.8) is 0 Å². The maximum Gasteiger partial charge on any atom is 0.0951 e. The predicted molar refractivity (Wildman–Crippen MR) is 126 cm³/mol. The van der Waals surface area contributed by atoms with Gasteiger partial charge in [-0.25, -0.2) is 0 Å². The van der Waals surface area contributed by atoms with E-state index in [1.807, 2.05) is 18.2 Å². The highest BCUT2D eigenvalue weighted by atomic mass is 16.3. The van der Waals surface area contributed by atoms with Gasteiger partial charge in [-0.2, -0.15) is 0 Å². The molecule has 3 aromatic carbocycles. The first kappa shape index (κ1) is 22.2. The summed E-state index contributed by atoms with van der Waals surface area (Å²) in [6.07, 6.45) is 1.10. The van der Waals surface area contributed by atoms with E-state index in [2.05, 4.69) is 96.9 Å². The van der Waals surface area contributed by atoms with Crippen molar-refractivity contribution in [3.8, 4) is 0 Å². The molecule has 0 saturated carbocycles. The molecular weight excluding hydrogens is 368 g/mol. The monoisotopic (exact) mass is 402 g/mol. The van der Waals surface area contributed by atoms with Crippen LogP contribution in [0, 0.1) is 0 Å². The predicted octanol–water partition coefficient (Wildman–Crippen LogP) is 4.66.